The molecule has 2 amide bonds. The monoisotopic (exact) mass is 305 g/mol. The molecule has 2 saturated heterocycles. The number of hydrogen-bond acceptors (Lipinski definition) is 4. The summed E-state index contributed by atoms with van der Waals surface area (Å²) in [5, 5.41) is 6.31. The molecule has 2 atom stereocenters. The highest BCUT2D eigenvalue weighted by molar-refractivity contribution is 5.89. The quantitative estimate of drug-likeness (QED) is 0.736. The van der Waals surface area contributed by atoms with Crippen LogP contribution in [0.3, 0.4) is 0 Å². The Morgan fingerprint density at radius 1 is 1.55 bits per heavy atom. The van der Waals surface area contributed by atoms with Crippen LogP contribution in [0.25, 0.3) is 0 Å². The third-order valence-electron chi connectivity index (χ3n) is 3.79. The lowest BCUT2D eigenvalue weighted by Crippen LogP contribution is -2.47. The topological polar surface area (TPSA) is 70.7 Å². The van der Waals surface area contributed by atoms with E-state index >= 15 is 0 Å². The van der Waals surface area contributed by atoms with Crippen LogP contribution in [0.15, 0.2) is 0 Å². The van der Waals surface area contributed by atoms with Crippen LogP contribution in [0.5, 0.6) is 0 Å². The van der Waals surface area contributed by atoms with E-state index in [1.165, 1.54) is 0 Å². The molecule has 20 heavy (non-hydrogen) atoms. The Labute approximate surface area is 126 Å². The Hall–Kier alpha value is -0.850. The van der Waals surface area contributed by atoms with E-state index in [1.807, 2.05) is 0 Å². The molecule has 2 N–H and O–H groups in total. The van der Waals surface area contributed by atoms with E-state index in [0.29, 0.717) is 26.1 Å². The van der Waals surface area contributed by atoms with Crippen LogP contribution in [0.4, 0.5) is 0 Å². The number of hydrogen-bond donors (Lipinski definition) is 2. The van der Waals surface area contributed by atoms with Crippen molar-refractivity contribution >= 4 is 24.2 Å². The van der Waals surface area contributed by atoms with Crippen molar-refractivity contribution < 1.29 is 14.3 Å². The zero-order valence-corrected chi connectivity index (χ0v) is 12.7. The molecule has 2 aliphatic rings. The second-order valence-corrected chi connectivity index (χ2v) is 5.29. The fourth-order valence-corrected chi connectivity index (χ4v) is 2.66. The number of ether oxygens (including phenoxy) is 1. The first kappa shape index (κ1) is 17.2. The summed E-state index contributed by atoms with van der Waals surface area (Å²) >= 11 is 0. The van der Waals surface area contributed by atoms with Crippen molar-refractivity contribution in [1.82, 2.24) is 15.5 Å². The predicted molar refractivity (Wildman–Crippen MR) is 77.8 cm³/mol. The summed E-state index contributed by atoms with van der Waals surface area (Å²) < 4.78 is 4.97. The highest BCUT2D eigenvalue weighted by Crippen LogP contribution is 2.18. The molecule has 0 aliphatic carbocycles. The summed E-state index contributed by atoms with van der Waals surface area (Å²) in [5.74, 6) is -0.132. The number of carbonyl (C=O) groups excluding carboxylic acids is 2. The summed E-state index contributed by atoms with van der Waals surface area (Å²) in [7, 11) is 1.61. The Kier molecular flexibility index (Phi) is 7.26. The van der Waals surface area contributed by atoms with E-state index < -0.39 is 0 Å². The van der Waals surface area contributed by atoms with Gasteiger partial charge in [0.15, 0.2) is 0 Å². The Bertz CT molecular complexity index is 335. The SMILES string of the molecule is COCCN1CC(C(=O)NC2CCCNC2)CC1=O.Cl. The van der Waals surface area contributed by atoms with Crippen molar-refractivity contribution in [2.75, 3.05) is 39.9 Å². The van der Waals surface area contributed by atoms with Crippen molar-refractivity contribution in [1.29, 1.82) is 0 Å². The maximum absolute atomic E-state index is 12.1. The summed E-state index contributed by atoms with van der Waals surface area (Å²) in [6.45, 7) is 3.48. The fourth-order valence-electron chi connectivity index (χ4n) is 2.66. The number of nitrogens with one attached hydrogen (secondary N) is 2. The number of nitrogens with zero attached hydrogens (tertiary/aromatic N) is 1. The lowest BCUT2D eigenvalue weighted by Gasteiger charge is -2.25. The average Bonchev–Trinajstić information content (AvgIpc) is 2.79. The van der Waals surface area contributed by atoms with Crippen LogP contribution in [-0.4, -0.2) is 62.7 Å². The third kappa shape index (κ3) is 4.61. The standard InChI is InChI=1S/C13H23N3O3.ClH/c1-19-6-5-16-9-10(7-12(16)17)13(18)15-11-3-2-4-14-8-11;/h10-11,14H,2-9H2,1H3,(H,15,18);1H. The fraction of sp³-hybridized carbons (Fsp3) is 0.846. The molecule has 2 unspecified atom stereocenters. The van der Waals surface area contributed by atoms with Gasteiger partial charge in [-0.2, -0.15) is 0 Å². The molecule has 0 saturated carbocycles. The summed E-state index contributed by atoms with van der Waals surface area (Å²) in [6, 6.07) is 0.212. The molecule has 2 fully saturated rings. The van der Waals surface area contributed by atoms with Gasteiger partial charge in [0.2, 0.25) is 11.8 Å². The number of likely N-dealkylation sites (tertiary alicyclic amines) is 1. The summed E-state index contributed by atoms with van der Waals surface area (Å²) in [5.41, 5.74) is 0. The van der Waals surface area contributed by atoms with Gasteiger partial charge >= 0.3 is 0 Å². The highest BCUT2D eigenvalue weighted by atomic mass is 35.5. The summed E-state index contributed by atoms with van der Waals surface area (Å²) in [4.78, 5) is 25.6. The number of rotatable bonds is 5. The highest BCUT2D eigenvalue weighted by Gasteiger charge is 2.34. The molecule has 116 valence electrons. The molecule has 0 aromatic rings. The van der Waals surface area contributed by atoms with Crippen LogP contribution in [0, 0.1) is 5.92 Å². The zero-order chi connectivity index (χ0) is 13.7. The van der Waals surface area contributed by atoms with Gasteiger partial charge in [-0.3, -0.25) is 9.59 Å². The number of halogens is 1. The molecule has 0 spiro atoms. The smallest absolute Gasteiger partial charge is 0.225 e. The molecule has 6 nitrogen and oxygen atoms in total. The van der Waals surface area contributed by atoms with Gasteiger partial charge in [0.05, 0.1) is 12.5 Å². The van der Waals surface area contributed by atoms with E-state index in [4.69, 9.17) is 4.74 Å². The van der Waals surface area contributed by atoms with Crippen molar-refractivity contribution in [2.24, 2.45) is 5.92 Å². The maximum Gasteiger partial charge on any atom is 0.225 e. The van der Waals surface area contributed by atoms with Gasteiger partial charge in [-0.15, -0.1) is 12.4 Å². The molecule has 0 aromatic carbocycles. The van der Waals surface area contributed by atoms with E-state index in [0.717, 1.165) is 25.9 Å². The number of amides is 2. The molecular weight excluding hydrogens is 282 g/mol. The molecule has 0 aromatic heterocycles. The second-order valence-electron chi connectivity index (χ2n) is 5.29. The van der Waals surface area contributed by atoms with Gasteiger partial charge in [0, 0.05) is 39.2 Å². The van der Waals surface area contributed by atoms with Gasteiger partial charge < -0.3 is 20.3 Å². The lowest BCUT2D eigenvalue weighted by molar-refractivity contribution is -0.129. The van der Waals surface area contributed by atoms with Crippen LogP contribution in [0.1, 0.15) is 19.3 Å². The Morgan fingerprint density at radius 3 is 3.00 bits per heavy atom. The molecular formula is C13H24ClN3O3. The van der Waals surface area contributed by atoms with Gasteiger partial charge in [-0.1, -0.05) is 0 Å². The molecule has 7 heteroatoms. The minimum atomic E-state index is -0.203. The lowest BCUT2D eigenvalue weighted by atomic mass is 10.0. The van der Waals surface area contributed by atoms with Crippen LogP contribution in [-0.2, 0) is 14.3 Å². The van der Waals surface area contributed by atoms with Crippen molar-refractivity contribution in [3.05, 3.63) is 0 Å². The largest absolute Gasteiger partial charge is 0.383 e. The molecule has 2 aliphatic heterocycles. The number of carbonyl (C=O) groups is 2. The van der Waals surface area contributed by atoms with Gasteiger partial charge in [-0.05, 0) is 19.4 Å². The molecule has 2 heterocycles. The van der Waals surface area contributed by atoms with E-state index in [2.05, 4.69) is 10.6 Å². The zero-order valence-electron chi connectivity index (χ0n) is 11.9. The third-order valence-corrected chi connectivity index (χ3v) is 3.79. The molecule has 0 radical (unpaired) electrons. The maximum atomic E-state index is 12.1. The van der Waals surface area contributed by atoms with Gasteiger partial charge in [-0.25, -0.2) is 0 Å². The Morgan fingerprint density at radius 2 is 2.35 bits per heavy atom. The first-order valence-electron chi connectivity index (χ1n) is 6.98. The minimum Gasteiger partial charge on any atom is -0.383 e. The van der Waals surface area contributed by atoms with Gasteiger partial charge in [0.1, 0.15) is 0 Å². The normalized spacial score (nSPS) is 26.2. The number of methoxy groups -OCH3 is 1. The first-order chi connectivity index (χ1) is 9.20. The molecule has 2 rings (SSSR count). The van der Waals surface area contributed by atoms with Crippen LogP contribution >= 0.6 is 12.4 Å². The van der Waals surface area contributed by atoms with Gasteiger partial charge in [0.25, 0.3) is 0 Å². The van der Waals surface area contributed by atoms with E-state index in [-0.39, 0.29) is 36.2 Å². The van der Waals surface area contributed by atoms with Crippen molar-refractivity contribution in [3.8, 4) is 0 Å². The average molecular weight is 306 g/mol. The Balaban J connectivity index is 0.00000200. The van der Waals surface area contributed by atoms with Crippen molar-refractivity contribution in [3.63, 3.8) is 0 Å². The van der Waals surface area contributed by atoms with E-state index in [1.54, 1.807) is 12.0 Å². The second kappa shape index (κ2) is 8.44. The molecule has 0 bridgehead atoms. The first-order valence-corrected chi connectivity index (χ1v) is 6.98. The van der Waals surface area contributed by atoms with E-state index in [9.17, 15) is 9.59 Å². The van der Waals surface area contributed by atoms with Crippen molar-refractivity contribution in [2.45, 2.75) is 25.3 Å². The minimum absolute atomic E-state index is 0. The number of piperidine rings is 1. The predicted octanol–water partition coefficient (Wildman–Crippen LogP) is -0.229. The van der Waals surface area contributed by atoms with Crippen LogP contribution < -0.4 is 10.6 Å². The summed E-state index contributed by atoms with van der Waals surface area (Å²) in [6.07, 6.45) is 2.44. The van der Waals surface area contributed by atoms with Crippen LogP contribution in [0.2, 0.25) is 0 Å².